The van der Waals surface area contributed by atoms with Gasteiger partial charge < -0.3 is 10.2 Å². The summed E-state index contributed by atoms with van der Waals surface area (Å²) in [6.45, 7) is 0. The summed E-state index contributed by atoms with van der Waals surface area (Å²) in [5.41, 5.74) is 6.27. The molecule has 0 aromatic carbocycles. The van der Waals surface area contributed by atoms with Crippen LogP contribution in [0.2, 0.25) is 0 Å². The molecule has 70 valence electrons. The molecular formula is C11H15NO. The first-order chi connectivity index (χ1) is 6.33. The van der Waals surface area contributed by atoms with E-state index in [1.54, 1.807) is 6.26 Å². The molecule has 3 rings (SSSR count). The number of furan rings is 1. The first kappa shape index (κ1) is 7.63. The van der Waals surface area contributed by atoms with Crippen molar-refractivity contribution in [3.63, 3.8) is 0 Å². The second-order valence-electron chi connectivity index (χ2n) is 4.41. The number of nitrogens with two attached hydrogens (primary N) is 1. The van der Waals surface area contributed by atoms with Crippen LogP contribution in [0.25, 0.3) is 0 Å². The van der Waals surface area contributed by atoms with Crippen LogP contribution in [0.4, 0.5) is 0 Å². The summed E-state index contributed by atoms with van der Waals surface area (Å²) in [6, 6.07) is 3.96. The van der Waals surface area contributed by atoms with Gasteiger partial charge in [-0.15, -0.1) is 0 Å². The van der Waals surface area contributed by atoms with Crippen molar-refractivity contribution in [1.29, 1.82) is 0 Å². The molecule has 1 heterocycles. The highest BCUT2D eigenvalue weighted by Crippen LogP contribution is 2.62. The average molecular weight is 177 g/mol. The van der Waals surface area contributed by atoms with Crippen molar-refractivity contribution in [2.24, 2.45) is 17.6 Å². The van der Waals surface area contributed by atoms with Crippen LogP contribution in [-0.2, 0) is 5.54 Å². The molecule has 2 saturated carbocycles. The van der Waals surface area contributed by atoms with E-state index in [9.17, 15) is 0 Å². The lowest BCUT2D eigenvalue weighted by Crippen LogP contribution is -2.22. The Hall–Kier alpha value is -0.760. The van der Waals surface area contributed by atoms with E-state index < -0.39 is 0 Å². The van der Waals surface area contributed by atoms with Crippen molar-refractivity contribution in [3.8, 4) is 0 Å². The van der Waals surface area contributed by atoms with Crippen LogP contribution in [0.3, 0.4) is 0 Å². The van der Waals surface area contributed by atoms with Crippen LogP contribution < -0.4 is 5.73 Å². The van der Waals surface area contributed by atoms with Crippen molar-refractivity contribution < 1.29 is 4.42 Å². The summed E-state index contributed by atoms with van der Waals surface area (Å²) in [5.74, 6) is 2.41. The summed E-state index contributed by atoms with van der Waals surface area (Å²) in [7, 11) is 0. The zero-order valence-electron chi connectivity index (χ0n) is 7.70. The average Bonchev–Trinajstić information content (AvgIpc) is 2.62. The Bertz CT molecular complexity index is 292. The first-order valence-corrected chi connectivity index (χ1v) is 5.16. The molecule has 13 heavy (non-hydrogen) atoms. The fourth-order valence-corrected chi connectivity index (χ4v) is 3.06. The lowest BCUT2D eigenvalue weighted by atomic mass is 10.0. The van der Waals surface area contributed by atoms with Gasteiger partial charge in [0.1, 0.15) is 5.76 Å². The Balaban J connectivity index is 1.92. The third kappa shape index (κ3) is 0.869. The van der Waals surface area contributed by atoms with Gasteiger partial charge in [0.2, 0.25) is 0 Å². The van der Waals surface area contributed by atoms with Crippen molar-refractivity contribution in [2.75, 3.05) is 0 Å². The quantitative estimate of drug-likeness (QED) is 0.714. The highest BCUT2D eigenvalue weighted by molar-refractivity contribution is 5.28. The molecule has 2 unspecified atom stereocenters. The zero-order chi connectivity index (χ0) is 8.89. The van der Waals surface area contributed by atoms with Crippen molar-refractivity contribution in [1.82, 2.24) is 0 Å². The smallest absolute Gasteiger partial charge is 0.124 e. The second kappa shape index (κ2) is 2.38. The Morgan fingerprint density at radius 3 is 2.54 bits per heavy atom. The van der Waals surface area contributed by atoms with Gasteiger partial charge in [-0.05, 0) is 36.8 Å². The van der Waals surface area contributed by atoms with E-state index in [1.165, 1.54) is 25.7 Å². The molecule has 2 N–H and O–H groups in total. The second-order valence-corrected chi connectivity index (χ2v) is 4.41. The van der Waals surface area contributed by atoms with Crippen molar-refractivity contribution in [3.05, 3.63) is 24.2 Å². The van der Waals surface area contributed by atoms with Gasteiger partial charge in [-0.2, -0.15) is 0 Å². The zero-order valence-corrected chi connectivity index (χ0v) is 7.70. The van der Waals surface area contributed by atoms with Crippen molar-refractivity contribution >= 4 is 0 Å². The predicted molar refractivity (Wildman–Crippen MR) is 50.0 cm³/mol. The molecule has 0 radical (unpaired) electrons. The third-order valence-electron chi connectivity index (χ3n) is 3.83. The summed E-state index contributed by atoms with van der Waals surface area (Å²) in [4.78, 5) is 0. The van der Waals surface area contributed by atoms with Gasteiger partial charge in [0.25, 0.3) is 0 Å². The molecule has 0 amide bonds. The van der Waals surface area contributed by atoms with E-state index in [2.05, 4.69) is 0 Å². The summed E-state index contributed by atoms with van der Waals surface area (Å²) < 4.78 is 5.43. The lowest BCUT2D eigenvalue weighted by Gasteiger charge is -2.06. The minimum absolute atomic E-state index is 0.0972. The largest absolute Gasteiger partial charge is 0.467 e. The van der Waals surface area contributed by atoms with Gasteiger partial charge in [0, 0.05) is 0 Å². The Labute approximate surface area is 78.1 Å². The normalized spacial score (nSPS) is 42.8. The SMILES string of the molecule is NC1(c2ccco2)C2CCCCC21. The molecule has 0 spiro atoms. The predicted octanol–water partition coefficient (Wildman–Crippen LogP) is 2.25. The van der Waals surface area contributed by atoms with E-state index in [0.717, 1.165) is 5.76 Å². The van der Waals surface area contributed by atoms with Crippen LogP contribution in [0, 0.1) is 11.8 Å². The Kier molecular flexibility index (Phi) is 1.40. The topological polar surface area (TPSA) is 39.2 Å². The minimum atomic E-state index is -0.0972. The molecule has 2 aliphatic carbocycles. The minimum Gasteiger partial charge on any atom is -0.467 e. The third-order valence-corrected chi connectivity index (χ3v) is 3.83. The van der Waals surface area contributed by atoms with E-state index in [-0.39, 0.29) is 5.54 Å². The fraction of sp³-hybridized carbons (Fsp3) is 0.636. The Morgan fingerprint density at radius 1 is 1.31 bits per heavy atom. The van der Waals surface area contributed by atoms with Crippen molar-refractivity contribution in [2.45, 2.75) is 31.2 Å². The van der Waals surface area contributed by atoms with E-state index >= 15 is 0 Å². The molecule has 1 aromatic heterocycles. The van der Waals surface area contributed by atoms with Gasteiger partial charge in [-0.3, -0.25) is 0 Å². The molecule has 0 saturated heterocycles. The first-order valence-electron chi connectivity index (χ1n) is 5.16. The summed E-state index contributed by atoms with van der Waals surface area (Å²) >= 11 is 0. The molecule has 0 aliphatic heterocycles. The number of fused-ring (bicyclic) bond motifs is 1. The number of hydrogen-bond donors (Lipinski definition) is 1. The summed E-state index contributed by atoms with van der Waals surface area (Å²) in [6.07, 6.45) is 7.01. The highest BCUT2D eigenvalue weighted by Gasteiger charge is 2.64. The van der Waals surface area contributed by atoms with Gasteiger partial charge in [0.05, 0.1) is 11.8 Å². The Morgan fingerprint density at radius 2 is 2.00 bits per heavy atom. The number of rotatable bonds is 1. The van der Waals surface area contributed by atoms with Crippen LogP contribution in [0.1, 0.15) is 31.4 Å². The monoisotopic (exact) mass is 177 g/mol. The highest BCUT2D eigenvalue weighted by atomic mass is 16.3. The maximum atomic E-state index is 6.37. The number of hydrogen-bond acceptors (Lipinski definition) is 2. The molecule has 2 atom stereocenters. The van der Waals surface area contributed by atoms with Crippen LogP contribution in [-0.4, -0.2) is 0 Å². The molecule has 0 bridgehead atoms. The molecule has 2 heteroatoms. The van der Waals surface area contributed by atoms with E-state index in [1.807, 2.05) is 12.1 Å². The fourth-order valence-electron chi connectivity index (χ4n) is 3.06. The van der Waals surface area contributed by atoms with Gasteiger partial charge in [-0.25, -0.2) is 0 Å². The van der Waals surface area contributed by atoms with Gasteiger partial charge in [-0.1, -0.05) is 12.8 Å². The van der Waals surface area contributed by atoms with E-state index in [0.29, 0.717) is 11.8 Å². The lowest BCUT2D eigenvalue weighted by molar-refractivity contribution is 0.426. The maximum Gasteiger partial charge on any atom is 0.124 e. The standard InChI is InChI=1S/C11H15NO/c12-11(10-6-3-7-13-10)8-4-1-2-5-9(8)11/h3,6-9H,1-2,4-5,12H2. The summed E-state index contributed by atoms with van der Waals surface area (Å²) in [5, 5.41) is 0. The molecule has 2 fully saturated rings. The molecule has 1 aromatic rings. The van der Waals surface area contributed by atoms with Crippen LogP contribution in [0.15, 0.2) is 22.8 Å². The van der Waals surface area contributed by atoms with Crippen LogP contribution >= 0.6 is 0 Å². The van der Waals surface area contributed by atoms with E-state index in [4.69, 9.17) is 10.2 Å². The molecule has 2 aliphatic rings. The van der Waals surface area contributed by atoms with Gasteiger partial charge >= 0.3 is 0 Å². The maximum absolute atomic E-state index is 6.37. The molecule has 2 nitrogen and oxygen atoms in total. The van der Waals surface area contributed by atoms with Crippen LogP contribution in [0.5, 0.6) is 0 Å². The van der Waals surface area contributed by atoms with Gasteiger partial charge in [0.15, 0.2) is 0 Å². The molecular weight excluding hydrogens is 162 g/mol.